The number of thiazole rings is 1. The Morgan fingerprint density at radius 2 is 2.29 bits per heavy atom. The molecule has 2 nitrogen and oxygen atoms in total. The standard InChI is InChI=1S/C10H15ClN2S/c11-5-7-13(9-3-1-2-4-9)10-12-6-8-14-10/h6,8-9H,1-5,7H2. The van der Waals surface area contributed by atoms with Crippen LogP contribution in [0, 0.1) is 0 Å². The first-order valence-electron chi connectivity index (χ1n) is 5.14. The number of nitrogens with zero attached hydrogens (tertiary/aromatic N) is 2. The molecule has 1 heterocycles. The normalized spacial score (nSPS) is 17.5. The number of aromatic nitrogens is 1. The van der Waals surface area contributed by atoms with Crippen molar-refractivity contribution in [1.82, 2.24) is 4.98 Å². The topological polar surface area (TPSA) is 16.1 Å². The molecule has 0 saturated heterocycles. The number of hydrogen-bond donors (Lipinski definition) is 0. The molecule has 1 aromatic heterocycles. The lowest BCUT2D eigenvalue weighted by Gasteiger charge is -2.27. The van der Waals surface area contributed by atoms with Crippen LogP contribution in [0.2, 0.25) is 0 Å². The Kier molecular flexibility index (Phi) is 3.65. The monoisotopic (exact) mass is 230 g/mol. The van der Waals surface area contributed by atoms with Crippen molar-refractivity contribution < 1.29 is 0 Å². The van der Waals surface area contributed by atoms with E-state index in [0.717, 1.165) is 11.7 Å². The highest BCUT2D eigenvalue weighted by Crippen LogP contribution is 2.29. The molecular formula is C10H15ClN2S. The van der Waals surface area contributed by atoms with Crippen LogP contribution in [0.1, 0.15) is 25.7 Å². The molecular weight excluding hydrogens is 216 g/mol. The summed E-state index contributed by atoms with van der Waals surface area (Å²) in [4.78, 5) is 6.75. The van der Waals surface area contributed by atoms with Crippen molar-refractivity contribution >= 4 is 28.1 Å². The molecule has 0 aliphatic heterocycles. The average Bonchev–Trinajstić information content (AvgIpc) is 2.87. The molecule has 0 bridgehead atoms. The third kappa shape index (κ3) is 2.20. The summed E-state index contributed by atoms with van der Waals surface area (Å²) in [6, 6.07) is 0.680. The van der Waals surface area contributed by atoms with Crippen LogP contribution < -0.4 is 4.90 Å². The van der Waals surface area contributed by atoms with Gasteiger partial charge in [0.1, 0.15) is 0 Å². The van der Waals surface area contributed by atoms with Crippen LogP contribution in [0.15, 0.2) is 11.6 Å². The van der Waals surface area contributed by atoms with Crippen LogP contribution in [-0.4, -0.2) is 23.5 Å². The Bertz CT molecular complexity index is 257. The maximum absolute atomic E-state index is 5.83. The summed E-state index contributed by atoms with van der Waals surface area (Å²) in [7, 11) is 0. The van der Waals surface area contributed by atoms with E-state index in [0.29, 0.717) is 11.9 Å². The van der Waals surface area contributed by atoms with E-state index in [4.69, 9.17) is 11.6 Å². The quantitative estimate of drug-likeness (QED) is 0.739. The van der Waals surface area contributed by atoms with Crippen molar-refractivity contribution in [2.24, 2.45) is 0 Å². The van der Waals surface area contributed by atoms with Gasteiger partial charge < -0.3 is 4.90 Å². The molecule has 2 rings (SSSR count). The Morgan fingerprint density at radius 3 is 2.86 bits per heavy atom. The molecule has 4 heteroatoms. The number of alkyl halides is 1. The fraction of sp³-hybridized carbons (Fsp3) is 0.700. The van der Waals surface area contributed by atoms with Crippen LogP contribution in [0.25, 0.3) is 0 Å². The van der Waals surface area contributed by atoms with Gasteiger partial charge in [-0.15, -0.1) is 22.9 Å². The number of rotatable bonds is 4. The minimum atomic E-state index is 0.680. The predicted molar refractivity (Wildman–Crippen MR) is 62.4 cm³/mol. The molecule has 0 atom stereocenters. The van der Waals surface area contributed by atoms with Crippen molar-refractivity contribution in [3.8, 4) is 0 Å². The Labute approximate surface area is 93.9 Å². The van der Waals surface area contributed by atoms with Gasteiger partial charge in [0, 0.05) is 30.0 Å². The second kappa shape index (κ2) is 4.99. The van der Waals surface area contributed by atoms with Gasteiger partial charge in [-0.2, -0.15) is 0 Å². The highest BCUT2D eigenvalue weighted by Gasteiger charge is 2.23. The molecule has 0 aromatic carbocycles. The molecule has 78 valence electrons. The van der Waals surface area contributed by atoms with Gasteiger partial charge in [0.05, 0.1) is 0 Å². The molecule has 0 radical (unpaired) electrons. The van der Waals surface area contributed by atoms with Crippen LogP contribution in [-0.2, 0) is 0 Å². The average molecular weight is 231 g/mol. The summed E-state index contributed by atoms with van der Waals surface area (Å²) >= 11 is 7.54. The van der Waals surface area contributed by atoms with Gasteiger partial charge in [-0.25, -0.2) is 4.98 Å². The fourth-order valence-electron chi connectivity index (χ4n) is 2.10. The van der Waals surface area contributed by atoms with Crippen LogP contribution in [0.5, 0.6) is 0 Å². The summed E-state index contributed by atoms with van der Waals surface area (Å²) in [6.45, 7) is 0.930. The zero-order chi connectivity index (χ0) is 9.80. The summed E-state index contributed by atoms with van der Waals surface area (Å²) in [5.74, 6) is 0.691. The molecule has 1 aliphatic carbocycles. The lowest BCUT2D eigenvalue weighted by Crippen LogP contribution is -2.34. The van der Waals surface area contributed by atoms with Gasteiger partial charge in [0.25, 0.3) is 0 Å². The van der Waals surface area contributed by atoms with Gasteiger partial charge in [-0.05, 0) is 12.8 Å². The van der Waals surface area contributed by atoms with Crippen LogP contribution in [0.4, 0.5) is 5.13 Å². The van der Waals surface area contributed by atoms with E-state index in [1.165, 1.54) is 25.7 Å². The van der Waals surface area contributed by atoms with E-state index >= 15 is 0 Å². The van der Waals surface area contributed by atoms with Gasteiger partial charge in [0.15, 0.2) is 5.13 Å². The van der Waals surface area contributed by atoms with E-state index in [-0.39, 0.29) is 0 Å². The summed E-state index contributed by atoms with van der Waals surface area (Å²) in [5.41, 5.74) is 0. The van der Waals surface area contributed by atoms with E-state index < -0.39 is 0 Å². The summed E-state index contributed by atoms with van der Waals surface area (Å²) in [6.07, 6.45) is 7.19. The molecule has 0 amide bonds. The predicted octanol–water partition coefficient (Wildman–Crippen LogP) is 3.13. The van der Waals surface area contributed by atoms with Crippen LogP contribution >= 0.6 is 22.9 Å². The summed E-state index contributed by atoms with van der Waals surface area (Å²) < 4.78 is 0. The van der Waals surface area contributed by atoms with Crippen molar-refractivity contribution in [2.75, 3.05) is 17.3 Å². The lowest BCUT2D eigenvalue weighted by atomic mass is 10.2. The van der Waals surface area contributed by atoms with E-state index in [1.54, 1.807) is 11.3 Å². The number of anilines is 1. The highest BCUT2D eigenvalue weighted by molar-refractivity contribution is 7.13. The minimum Gasteiger partial charge on any atom is -0.344 e. The van der Waals surface area contributed by atoms with Crippen molar-refractivity contribution in [3.63, 3.8) is 0 Å². The maximum atomic E-state index is 5.83. The number of hydrogen-bond acceptors (Lipinski definition) is 3. The Balaban J connectivity index is 2.06. The van der Waals surface area contributed by atoms with Gasteiger partial charge in [0.2, 0.25) is 0 Å². The van der Waals surface area contributed by atoms with Gasteiger partial charge in [-0.3, -0.25) is 0 Å². The van der Waals surface area contributed by atoms with Crippen LogP contribution in [0.3, 0.4) is 0 Å². The third-order valence-electron chi connectivity index (χ3n) is 2.76. The maximum Gasteiger partial charge on any atom is 0.185 e. The molecule has 1 fully saturated rings. The minimum absolute atomic E-state index is 0.680. The highest BCUT2D eigenvalue weighted by atomic mass is 35.5. The van der Waals surface area contributed by atoms with Gasteiger partial charge >= 0.3 is 0 Å². The van der Waals surface area contributed by atoms with Gasteiger partial charge in [-0.1, -0.05) is 12.8 Å². The smallest absolute Gasteiger partial charge is 0.185 e. The molecule has 0 unspecified atom stereocenters. The van der Waals surface area contributed by atoms with Crippen molar-refractivity contribution in [1.29, 1.82) is 0 Å². The number of halogens is 1. The Hall–Kier alpha value is -0.280. The first-order valence-corrected chi connectivity index (χ1v) is 6.55. The summed E-state index contributed by atoms with van der Waals surface area (Å²) in [5, 5.41) is 3.17. The first kappa shape index (κ1) is 10.2. The third-order valence-corrected chi connectivity index (χ3v) is 3.73. The second-order valence-electron chi connectivity index (χ2n) is 3.64. The zero-order valence-corrected chi connectivity index (χ0v) is 9.73. The van der Waals surface area contributed by atoms with Crippen molar-refractivity contribution in [3.05, 3.63) is 11.6 Å². The molecule has 1 aliphatic rings. The molecule has 0 N–H and O–H groups in total. The molecule has 14 heavy (non-hydrogen) atoms. The second-order valence-corrected chi connectivity index (χ2v) is 4.89. The lowest BCUT2D eigenvalue weighted by molar-refractivity contribution is 0.620. The molecule has 0 spiro atoms. The largest absolute Gasteiger partial charge is 0.344 e. The zero-order valence-electron chi connectivity index (χ0n) is 8.16. The fourth-order valence-corrected chi connectivity index (χ4v) is 3.02. The molecule has 1 saturated carbocycles. The molecule has 1 aromatic rings. The van der Waals surface area contributed by atoms with E-state index in [2.05, 4.69) is 9.88 Å². The first-order chi connectivity index (χ1) is 6.92. The SMILES string of the molecule is ClCCN(c1nccs1)C1CCCC1. The van der Waals surface area contributed by atoms with E-state index in [1.807, 2.05) is 11.6 Å². The van der Waals surface area contributed by atoms with Crippen molar-refractivity contribution in [2.45, 2.75) is 31.7 Å². The van der Waals surface area contributed by atoms with E-state index in [9.17, 15) is 0 Å². The Morgan fingerprint density at radius 1 is 1.50 bits per heavy atom.